The molecule has 2 aromatic rings. The number of fused-ring (bicyclic) bond motifs is 1. The van der Waals surface area contributed by atoms with Crippen molar-refractivity contribution in [3.63, 3.8) is 0 Å². The first kappa shape index (κ1) is 24.3. The van der Waals surface area contributed by atoms with Crippen molar-refractivity contribution in [1.82, 2.24) is 15.1 Å². The molecule has 1 aromatic carbocycles. The third-order valence-electron chi connectivity index (χ3n) is 8.70. The van der Waals surface area contributed by atoms with Gasteiger partial charge in [0.2, 0.25) is 5.91 Å². The van der Waals surface area contributed by atoms with E-state index in [0.29, 0.717) is 24.2 Å². The fraction of sp³-hybridized carbons (Fsp3) is 0.600. The van der Waals surface area contributed by atoms with E-state index in [-0.39, 0.29) is 17.8 Å². The van der Waals surface area contributed by atoms with E-state index in [4.69, 9.17) is 5.10 Å². The maximum Gasteiger partial charge on any atom is 0.220 e. The van der Waals surface area contributed by atoms with Gasteiger partial charge >= 0.3 is 0 Å². The van der Waals surface area contributed by atoms with E-state index in [0.717, 1.165) is 37.8 Å². The normalized spacial score (nSPS) is 23.2. The zero-order chi connectivity index (χ0) is 24.4. The van der Waals surface area contributed by atoms with Crippen LogP contribution in [0.25, 0.3) is 5.69 Å². The molecule has 0 radical (unpaired) electrons. The van der Waals surface area contributed by atoms with Gasteiger partial charge in [-0.1, -0.05) is 50.7 Å². The molecule has 0 aliphatic heterocycles. The molecule has 1 saturated carbocycles. The van der Waals surface area contributed by atoms with Crippen LogP contribution in [0.1, 0.15) is 102 Å². The van der Waals surface area contributed by atoms with Gasteiger partial charge in [0.15, 0.2) is 0 Å². The van der Waals surface area contributed by atoms with Gasteiger partial charge in [0, 0.05) is 30.4 Å². The van der Waals surface area contributed by atoms with Crippen molar-refractivity contribution in [3.05, 3.63) is 58.7 Å². The SMILES string of the molecule is CCCC(C[C@H]1CCC2=C1[C@@H](C)c1cnn(-c3ccc(F)cc3)c1C2)NC(=O)CC1CCCCC1. The quantitative estimate of drug-likeness (QED) is 0.415. The molecule has 0 bridgehead atoms. The molecule has 1 aromatic heterocycles. The summed E-state index contributed by atoms with van der Waals surface area (Å²) in [6.07, 6.45) is 15.5. The molecule has 188 valence electrons. The lowest BCUT2D eigenvalue weighted by Gasteiger charge is -2.30. The second kappa shape index (κ2) is 10.7. The lowest BCUT2D eigenvalue weighted by atomic mass is 9.78. The Morgan fingerprint density at radius 3 is 2.69 bits per heavy atom. The van der Waals surface area contributed by atoms with Crippen LogP contribution in [0.2, 0.25) is 0 Å². The molecule has 4 nitrogen and oxygen atoms in total. The van der Waals surface area contributed by atoms with Gasteiger partial charge in [-0.15, -0.1) is 0 Å². The lowest BCUT2D eigenvalue weighted by molar-refractivity contribution is -0.123. The Hall–Kier alpha value is -2.43. The first-order chi connectivity index (χ1) is 17.0. The van der Waals surface area contributed by atoms with Crippen LogP contribution >= 0.6 is 0 Å². The highest BCUT2D eigenvalue weighted by molar-refractivity contribution is 5.76. The van der Waals surface area contributed by atoms with Crippen molar-refractivity contribution in [2.24, 2.45) is 11.8 Å². The Bertz CT molecular complexity index is 1060. The Morgan fingerprint density at radius 1 is 1.17 bits per heavy atom. The van der Waals surface area contributed by atoms with Crippen LogP contribution in [0, 0.1) is 17.7 Å². The number of carbonyl (C=O) groups is 1. The number of benzene rings is 1. The van der Waals surface area contributed by atoms with Crippen LogP contribution in [-0.2, 0) is 11.2 Å². The Morgan fingerprint density at radius 2 is 1.94 bits per heavy atom. The second-order valence-electron chi connectivity index (χ2n) is 11.1. The van der Waals surface area contributed by atoms with Crippen LogP contribution in [0.4, 0.5) is 4.39 Å². The van der Waals surface area contributed by atoms with Crippen molar-refractivity contribution in [2.45, 2.75) is 103 Å². The number of carbonyl (C=O) groups excluding carboxylic acids is 1. The Labute approximate surface area is 209 Å². The minimum Gasteiger partial charge on any atom is -0.353 e. The first-order valence-electron chi connectivity index (χ1n) is 13.9. The summed E-state index contributed by atoms with van der Waals surface area (Å²) in [5, 5.41) is 8.14. The van der Waals surface area contributed by atoms with Crippen LogP contribution < -0.4 is 5.32 Å². The van der Waals surface area contributed by atoms with Crippen LogP contribution in [0.5, 0.6) is 0 Å². The van der Waals surface area contributed by atoms with E-state index in [1.54, 1.807) is 23.3 Å². The molecular formula is C30H40FN3O. The van der Waals surface area contributed by atoms with E-state index in [9.17, 15) is 9.18 Å². The number of amides is 1. The van der Waals surface area contributed by atoms with Gasteiger partial charge in [-0.3, -0.25) is 4.79 Å². The summed E-state index contributed by atoms with van der Waals surface area (Å²) in [5.74, 6) is 1.51. The highest BCUT2D eigenvalue weighted by Crippen LogP contribution is 2.48. The lowest BCUT2D eigenvalue weighted by Crippen LogP contribution is -2.37. The predicted octanol–water partition coefficient (Wildman–Crippen LogP) is 7.02. The van der Waals surface area contributed by atoms with Gasteiger partial charge in [0.05, 0.1) is 17.6 Å². The third kappa shape index (κ3) is 5.24. The largest absolute Gasteiger partial charge is 0.353 e. The molecule has 1 amide bonds. The van der Waals surface area contributed by atoms with Gasteiger partial charge in [-0.2, -0.15) is 5.10 Å². The van der Waals surface area contributed by atoms with Crippen molar-refractivity contribution in [3.8, 4) is 5.69 Å². The van der Waals surface area contributed by atoms with E-state index >= 15 is 0 Å². The summed E-state index contributed by atoms with van der Waals surface area (Å²) in [4.78, 5) is 12.9. The minimum absolute atomic E-state index is 0.223. The fourth-order valence-corrected chi connectivity index (χ4v) is 7.01. The van der Waals surface area contributed by atoms with Gasteiger partial charge in [-0.25, -0.2) is 9.07 Å². The monoisotopic (exact) mass is 477 g/mol. The van der Waals surface area contributed by atoms with E-state index < -0.39 is 0 Å². The highest BCUT2D eigenvalue weighted by Gasteiger charge is 2.37. The number of hydrogen-bond acceptors (Lipinski definition) is 2. The molecule has 3 atom stereocenters. The molecule has 1 unspecified atom stereocenters. The number of rotatable bonds is 8. The van der Waals surface area contributed by atoms with Gasteiger partial charge in [-0.05, 0) is 74.6 Å². The predicted molar refractivity (Wildman–Crippen MR) is 138 cm³/mol. The van der Waals surface area contributed by atoms with E-state index in [1.807, 2.05) is 10.9 Å². The van der Waals surface area contributed by atoms with Crippen molar-refractivity contribution >= 4 is 5.91 Å². The highest BCUT2D eigenvalue weighted by atomic mass is 19.1. The molecule has 3 aliphatic carbocycles. The molecule has 0 spiro atoms. The molecule has 1 N–H and O–H groups in total. The third-order valence-corrected chi connectivity index (χ3v) is 8.70. The molecule has 0 saturated heterocycles. The van der Waals surface area contributed by atoms with E-state index in [2.05, 4.69) is 19.2 Å². The summed E-state index contributed by atoms with van der Waals surface area (Å²) < 4.78 is 15.4. The van der Waals surface area contributed by atoms with Gasteiger partial charge < -0.3 is 5.32 Å². The number of aromatic nitrogens is 2. The first-order valence-corrected chi connectivity index (χ1v) is 13.9. The number of nitrogens with one attached hydrogen (secondary N) is 1. The second-order valence-corrected chi connectivity index (χ2v) is 11.1. The Balaban J connectivity index is 1.28. The minimum atomic E-state index is -0.223. The van der Waals surface area contributed by atoms with E-state index in [1.165, 1.54) is 61.9 Å². The van der Waals surface area contributed by atoms with Crippen molar-refractivity contribution in [2.75, 3.05) is 0 Å². The van der Waals surface area contributed by atoms with Gasteiger partial charge in [0.1, 0.15) is 5.82 Å². The molecular weight excluding hydrogens is 437 g/mol. The maximum absolute atomic E-state index is 13.4. The standard InChI is InChI=1S/C30H40FN3O/c1-3-7-25(33-29(35)16-21-8-5-4-6-9-21)17-22-10-11-23-18-28-27(20(2)30(22)23)19-32-34(28)26-14-12-24(31)13-15-26/h12-15,19-22,25H,3-11,16-18H2,1-2H3,(H,33,35)/t20-,22+,25?/m0/s1. The Kier molecular flexibility index (Phi) is 7.40. The van der Waals surface area contributed by atoms with Gasteiger partial charge in [0.25, 0.3) is 0 Å². The topological polar surface area (TPSA) is 46.9 Å². The number of halogens is 1. The smallest absolute Gasteiger partial charge is 0.220 e. The maximum atomic E-state index is 13.4. The van der Waals surface area contributed by atoms with Crippen LogP contribution in [-0.4, -0.2) is 21.7 Å². The fourth-order valence-electron chi connectivity index (χ4n) is 7.01. The van der Waals surface area contributed by atoms with Crippen LogP contribution in [0.3, 0.4) is 0 Å². The summed E-state index contributed by atoms with van der Waals surface area (Å²) in [5.41, 5.74) is 6.62. The molecule has 3 aliphatic rings. The van der Waals surface area contributed by atoms with Crippen LogP contribution in [0.15, 0.2) is 41.6 Å². The summed E-state index contributed by atoms with van der Waals surface area (Å²) >= 11 is 0. The van der Waals surface area contributed by atoms with Crippen molar-refractivity contribution in [1.29, 1.82) is 0 Å². The zero-order valence-corrected chi connectivity index (χ0v) is 21.4. The van der Waals surface area contributed by atoms with Crippen molar-refractivity contribution < 1.29 is 9.18 Å². The molecule has 5 heteroatoms. The molecule has 5 rings (SSSR count). The molecule has 35 heavy (non-hydrogen) atoms. The summed E-state index contributed by atoms with van der Waals surface area (Å²) in [7, 11) is 0. The summed E-state index contributed by atoms with van der Waals surface area (Å²) in [6.45, 7) is 4.54. The molecule has 1 fully saturated rings. The number of nitrogens with zero attached hydrogens (tertiary/aromatic N) is 2. The average Bonchev–Trinajstić information content (AvgIpc) is 3.45. The number of allylic oxidation sites excluding steroid dienone is 2. The zero-order valence-electron chi connectivity index (χ0n) is 21.4. The molecule has 1 heterocycles. The summed E-state index contributed by atoms with van der Waals surface area (Å²) in [6, 6.07) is 6.88. The average molecular weight is 478 g/mol. The number of hydrogen-bond donors (Lipinski definition) is 1.